The van der Waals surface area contributed by atoms with Crippen molar-refractivity contribution in [1.29, 1.82) is 0 Å². The Morgan fingerprint density at radius 1 is 0.952 bits per heavy atom. The van der Waals surface area contributed by atoms with Crippen LogP contribution in [-0.2, 0) is 26.2 Å². The summed E-state index contributed by atoms with van der Waals surface area (Å²) in [6, 6.07) is 21.4. The molecule has 1 fully saturated rings. The largest absolute Gasteiger partial charge is 0.494 e. The molecule has 42 heavy (non-hydrogen) atoms. The van der Waals surface area contributed by atoms with Crippen LogP contribution in [-0.4, -0.2) is 50.4 Å². The average molecular weight is 657 g/mol. The minimum absolute atomic E-state index is 0.0326. The topological polar surface area (TPSA) is 96.0 Å². The number of benzene rings is 3. The first-order valence-electron chi connectivity index (χ1n) is 14.3. The fourth-order valence-electron chi connectivity index (χ4n) is 5.06. The van der Waals surface area contributed by atoms with Gasteiger partial charge in [0.2, 0.25) is 11.8 Å². The van der Waals surface area contributed by atoms with Crippen LogP contribution in [0, 0.1) is 0 Å². The molecule has 3 aromatic rings. The number of carbonyl (C=O) groups is 2. The van der Waals surface area contributed by atoms with Gasteiger partial charge < -0.3 is 15.0 Å². The Hall–Kier alpha value is -3.37. The number of anilines is 1. The van der Waals surface area contributed by atoms with Gasteiger partial charge in [-0.25, -0.2) is 8.42 Å². The zero-order valence-corrected chi connectivity index (χ0v) is 26.4. The Balaban J connectivity index is 1.64. The van der Waals surface area contributed by atoms with Gasteiger partial charge in [0.15, 0.2) is 0 Å². The van der Waals surface area contributed by atoms with Gasteiger partial charge in [-0.05, 0) is 80.8 Å². The maximum absolute atomic E-state index is 14.1. The summed E-state index contributed by atoms with van der Waals surface area (Å²) in [7, 11) is -4.14. The van der Waals surface area contributed by atoms with Crippen LogP contribution in [0.25, 0.3) is 0 Å². The molecule has 0 aromatic heterocycles. The molecule has 0 aliphatic heterocycles. The molecule has 3 aromatic carbocycles. The molecule has 0 bridgehead atoms. The number of halogens is 1. The minimum Gasteiger partial charge on any atom is -0.494 e. The Labute approximate surface area is 257 Å². The van der Waals surface area contributed by atoms with Crippen molar-refractivity contribution in [1.82, 2.24) is 10.2 Å². The molecule has 0 heterocycles. The lowest BCUT2D eigenvalue weighted by molar-refractivity contribution is -0.139. The van der Waals surface area contributed by atoms with Gasteiger partial charge in [0, 0.05) is 17.1 Å². The molecule has 0 spiro atoms. The fourth-order valence-corrected chi connectivity index (χ4v) is 6.74. The van der Waals surface area contributed by atoms with E-state index in [1.54, 1.807) is 49.4 Å². The van der Waals surface area contributed by atoms with Gasteiger partial charge >= 0.3 is 0 Å². The van der Waals surface area contributed by atoms with Gasteiger partial charge in [-0.1, -0.05) is 65.5 Å². The van der Waals surface area contributed by atoms with Gasteiger partial charge in [-0.15, -0.1) is 0 Å². The third-order valence-corrected chi connectivity index (χ3v) is 9.75. The zero-order chi connectivity index (χ0) is 30.1. The number of para-hydroxylation sites is 1. The molecule has 10 heteroatoms. The van der Waals surface area contributed by atoms with Crippen LogP contribution < -0.4 is 14.4 Å². The van der Waals surface area contributed by atoms with Gasteiger partial charge in [0.05, 0.1) is 17.2 Å². The van der Waals surface area contributed by atoms with Crippen molar-refractivity contribution in [3.05, 3.63) is 88.9 Å². The number of sulfonamides is 1. The Morgan fingerprint density at radius 2 is 1.60 bits per heavy atom. The molecule has 2 amide bonds. The number of carbonyl (C=O) groups excluding carboxylic acids is 2. The van der Waals surface area contributed by atoms with E-state index in [-0.39, 0.29) is 23.4 Å². The molecular weight excluding hydrogens is 618 g/mol. The Bertz CT molecular complexity index is 1430. The van der Waals surface area contributed by atoms with E-state index in [0.29, 0.717) is 18.0 Å². The van der Waals surface area contributed by atoms with Crippen molar-refractivity contribution in [3.63, 3.8) is 0 Å². The minimum atomic E-state index is -4.14. The van der Waals surface area contributed by atoms with Crippen LogP contribution >= 0.6 is 15.9 Å². The molecule has 1 aliphatic rings. The number of amides is 2. The van der Waals surface area contributed by atoms with Crippen LogP contribution in [0.4, 0.5) is 5.69 Å². The summed E-state index contributed by atoms with van der Waals surface area (Å²) in [5.41, 5.74) is 1.17. The van der Waals surface area contributed by atoms with E-state index >= 15 is 0 Å². The van der Waals surface area contributed by atoms with Crippen molar-refractivity contribution in [3.8, 4) is 5.75 Å². The second-order valence-corrected chi connectivity index (χ2v) is 13.2. The third-order valence-electron chi connectivity index (χ3n) is 7.43. The summed E-state index contributed by atoms with van der Waals surface area (Å²) in [4.78, 5) is 29.0. The SMILES string of the molecule is CCOc1ccc(S(=O)(=O)N(CC(=O)N(Cc2ccc(Br)cc2)[C@H](C)C(=O)NC2CCCCC2)c2ccccc2)cc1. The number of hydrogen-bond donors (Lipinski definition) is 1. The van der Waals surface area contributed by atoms with Crippen molar-refractivity contribution in [2.75, 3.05) is 17.5 Å². The van der Waals surface area contributed by atoms with Crippen LogP contribution in [0.1, 0.15) is 51.5 Å². The van der Waals surface area contributed by atoms with E-state index < -0.39 is 28.5 Å². The fraction of sp³-hybridized carbons (Fsp3) is 0.375. The van der Waals surface area contributed by atoms with Gasteiger partial charge in [0.25, 0.3) is 10.0 Å². The van der Waals surface area contributed by atoms with Crippen molar-refractivity contribution < 1.29 is 22.7 Å². The molecule has 1 saturated carbocycles. The summed E-state index contributed by atoms with van der Waals surface area (Å²) < 4.78 is 35.4. The lowest BCUT2D eigenvalue weighted by Gasteiger charge is -2.33. The Kier molecular flexibility index (Phi) is 11.0. The maximum atomic E-state index is 14.1. The Morgan fingerprint density at radius 3 is 2.21 bits per heavy atom. The second kappa shape index (κ2) is 14.7. The van der Waals surface area contributed by atoms with Gasteiger partial charge in [-0.2, -0.15) is 0 Å². The van der Waals surface area contributed by atoms with E-state index in [1.165, 1.54) is 17.0 Å². The van der Waals surface area contributed by atoms with E-state index in [0.717, 1.165) is 46.4 Å². The molecule has 1 aliphatic carbocycles. The van der Waals surface area contributed by atoms with Gasteiger partial charge in [-0.3, -0.25) is 13.9 Å². The monoisotopic (exact) mass is 655 g/mol. The molecule has 1 N–H and O–H groups in total. The number of nitrogens with one attached hydrogen (secondary N) is 1. The van der Waals surface area contributed by atoms with Gasteiger partial charge in [0.1, 0.15) is 18.3 Å². The summed E-state index contributed by atoms with van der Waals surface area (Å²) >= 11 is 3.44. The number of rotatable bonds is 12. The molecule has 0 saturated heterocycles. The van der Waals surface area contributed by atoms with E-state index in [1.807, 2.05) is 31.2 Å². The first-order valence-corrected chi connectivity index (χ1v) is 16.6. The first-order chi connectivity index (χ1) is 20.2. The molecule has 4 rings (SSSR count). The quantitative estimate of drug-likeness (QED) is 0.262. The number of nitrogens with zero attached hydrogens (tertiary/aromatic N) is 2. The highest BCUT2D eigenvalue weighted by atomic mass is 79.9. The molecule has 0 unspecified atom stereocenters. The lowest BCUT2D eigenvalue weighted by Crippen LogP contribution is -2.53. The summed E-state index contributed by atoms with van der Waals surface area (Å²) in [5.74, 6) is -0.173. The van der Waals surface area contributed by atoms with Crippen LogP contribution in [0.2, 0.25) is 0 Å². The molecule has 224 valence electrons. The first kappa shape index (κ1) is 31.6. The standard InChI is InChI=1S/C32H38BrN3O5S/c1-3-41-29-18-20-30(21-19-29)42(39,40)36(28-12-8-5-9-13-28)23-31(37)35(22-25-14-16-26(33)17-15-25)24(2)32(38)34-27-10-6-4-7-11-27/h5,8-9,12-21,24,27H,3-4,6-7,10-11,22-23H2,1-2H3,(H,34,38)/t24-/m1/s1. The average Bonchev–Trinajstić information content (AvgIpc) is 3.00. The van der Waals surface area contributed by atoms with E-state index in [2.05, 4.69) is 21.2 Å². The van der Waals surface area contributed by atoms with Crippen LogP contribution in [0.15, 0.2) is 88.2 Å². The predicted molar refractivity (Wildman–Crippen MR) is 168 cm³/mol. The number of ether oxygens (including phenoxy) is 1. The second-order valence-electron chi connectivity index (χ2n) is 10.4. The normalized spacial score (nSPS) is 14.5. The van der Waals surface area contributed by atoms with Crippen LogP contribution in [0.5, 0.6) is 5.75 Å². The molecule has 0 radical (unpaired) electrons. The summed E-state index contributed by atoms with van der Waals surface area (Å²) in [5, 5.41) is 3.12. The van der Waals surface area contributed by atoms with Crippen molar-refractivity contribution in [2.45, 2.75) is 69.5 Å². The highest BCUT2D eigenvalue weighted by molar-refractivity contribution is 9.10. The molecule has 8 nitrogen and oxygen atoms in total. The molecular formula is C32H38BrN3O5S. The molecule has 1 atom stereocenters. The highest BCUT2D eigenvalue weighted by Gasteiger charge is 2.33. The number of hydrogen-bond acceptors (Lipinski definition) is 5. The van der Waals surface area contributed by atoms with Crippen molar-refractivity contribution in [2.24, 2.45) is 0 Å². The van der Waals surface area contributed by atoms with Crippen LogP contribution in [0.3, 0.4) is 0 Å². The highest BCUT2D eigenvalue weighted by Crippen LogP contribution is 2.26. The summed E-state index contributed by atoms with van der Waals surface area (Å²) in [6.07, 6.45) is 5.13. The third kappa shape index (κ3) is 8.13. The zero-order valence-electron chi connectivity index (χ0n) is 24.0. The summed E-state index contributed by atoms with van der Waals surface area (Å²) in [6.45, 7) is 3.68. The lowest BCUT2D eigenvalue weighted by atomic mass is 9.95. The van der Waals surface area contributed by atoms with E-state index in [9.17, 15) is 18.0 Å². The predicted octanol–water partition coefficient (Wildman–Crippen LogP) is 5.91. The van der Waals surface area contributed by atoms with E-state index in [4.69, 9.17) is 4.74 Å². The van der Waals surface area contributed by atoms with Crippen molar-refractivity contribution >= 4 is 43.5 Å². The smallest absolute Gasteiger partial charge is 0.264 e. The maximum Gasteiger partial charge on any atom is 0.264 e.